The Kier molecular flexibility index (Phi) is 8.16. The number of nitrogens with one attached hydrogen (secondary N) is 1. The summed E-state index contributed by atoms with van der Waals surface area (Å²) in [6, 6.07) is 22.6. The predicted octanol–water partition coefficient (Wildman–Crippen LogP) is 4.77. The fraction of sp³-hybridized carbons (Fsp3) is 0.241. The summed E-state index contributed by atoms with van der Waals surface area (Å²) in [6.07, 6.45) is 0.937. The van der Waals surface area contributed by atoms with Gasteiger partial charge in [-0.3, -0.25) is 4.79 Å². The van der Waals surface area contributed by atoms with Gasteiger partial charge in [-0.1, -0.05) is 36.4 Å². The highest BCUT2D eigenvalue weighted by atomic mass is 16.5. The van der Waals surface area contributed by atoms with Gasteiger partial charge >= 0.3 is 12.0 Å². The van der Waals surface area contributed by atoms with Crippen molar-refractivity contribution in [2.75, 3.05) is 14.2 Å². The third-order valence-corrected chi connectivity index (χ3v) is 6.16. The first-order valence-corrected chi connectivity index (χ1v) is 11.8. The Bertz CT molecular complexity index is 1360. The lowest BCUT2D eigenvalue weighted by Crippen LogP contribution is -2.45. The van der Waals surface area contributed by atoms with E-state index in [4.69, 9.17) is 19.5 Å². The molecule has 0 radical (unpaired) electrons. The molecule has 1 N–H and O–H groups in total. The third-order valence-electron chi connectivity index (χ3n) is 6.16. The molecule has 0 bridgehead atoms. The lowest BCUT2D eigenvalue weighted by molar-refractivity contribution is -0.148. The highest BCUT2D eigenvalue weighted by Gasteiger charge is 2.39. The van der Waals surface area contributed by atoms with Crippen LogP contribution in [0.5, 0.6) is 11.5 Å². The smallest absolute Gasteiger partial charge is 0.341 e. The summed E-state index contributed by atoms with van der Waals surface area (Å²) in [5.41, 5.74) is 3.31. The van der Waals surface area contributed by atoms with E-state index in [0.717, 1.165) is 11.3 Å². The highest BCUT2D eigenvalue weighted by molar-refractivity contribution is 6.09. The van der Waals surface area contributed by atoms with Crippen LogP contribution in [-0.2, 0) is 22.6 Å². The molecule has 8 nitrogen and oxygen atoms in total. The van der Waals surface area contributed by atoms with Crippen LogP contribution in [0.1, 0.15) is 34.7 Å². The number of hydrogen-bond acceptors (Lipinski definition) is 6. The fourth-order valence-corrected chi connectivity index (χ4v) is 4.31. The Balaban J connectivity index is 1.62. The predicted molar refractivity (Wildman–Crippen MR) is 137 cm³/mol. The number of methoxy groups -OCH3 is 2. The summed E-state index contributed by atoms with van der Waals surface area (Å²) in [7, 11) is 3.16. The molecule has 0 aliphatic carbocycles. The SMILES string of the molecule is COc1cccc(CCC2=NC(=O)NC(c3cccc(OC)c3)C2C(=O)OCc2cccc(C#N)c2)c1. The number of esters is 1. The van der Waals surface area contributed by atoms with Crippen molar-refractivity contribution in [2.24, 2.45) is 10.9 Å². The quantitative estimate of drug-likeness (QED) is 0.426. The number of aliphatic imine (C=N–C) groups is 1. The van der Waals surface area contributed by atoms with Gasteiger partial charge in [0.1, 0.15) is 24.0 Å². The Morgan fingerprint density at radius 2 is 1.65 bits per heavy atom. The van der Waals surface area contributed by atoms with Gasteiger partial charge < -0.3 is 19.5 Å². The van der Waals surface area contributed by atoms with Crippen molar-refractivity contribution < 1.29 is 23.8 Å². The van der Waals surface area contributed by atoms with E-state index in [1.54, 1.807) is 56.7 Å². The molecule has 37 heavy (non-hydrogen) atoms. The molecule has 188 valence electrons. The van der Waals surface area contributed by atoms with Crippen molar-refractivity contribution in [3.05, 3.63) is 95.1 Å². The first kappa shape index (κ1) is 25.5. The molecule has 0 fully saturated rings. The molecule has 8 heteroatoms. The summed E-state index contributed by atoms with van der Waals surface area (Å²) >= 11 is 0. The number of hydrogen-bond donors (Lipinski definition) is 1. The van der Waals surface area contributed by atoms with E-state index in [1.165, 1.54) is 0 Å². The second-order valence-electron chi connectivity index (χ2n) is 8.56. The number of benzene rings is 3. The van der Waals surface area contributed by atoms with E-state index in [0.29, 0.717) is 41.0 Å². The third kappa shape index (κ3) is 6.33. The summed E-state index contributed by atoms with van der Waals surface area (Å²) in [4.78, 5) is 30.3. The van der Waals surface area contributed by atoms with Gasteiger partial charge in [-0.2, -0.15) is 5.26 Å². The lowest BCUT2D eigenvalue weighted by atomic mass is 9.85. The maximum absolute atomic E-state index is 13.5. The largest absolute Gasteiger partial charge is 0.497 e. The van der Waals surface area contributed by atoms with Crippen LogP contribution in [0.25, 0.3) is 0 Å². The molecule has 2 amide bonds. The molecular formula is C29H27N3O5. The minimum absolute atomic E-state index is 0.00715. The van der Waals surface area contributed by atoms with Gasteiger partial charge in [-0.25, -0.2) is 9.79 Å². The summed E-state index contributed by atoms with van der Waals surface area (Å²) in [5.74, 6) is -0.0209. The minimum atomic E-state index is -0.838. The zero-order valence-electron chi connectivity index (χ0n) is 20.6. The second kappa shape index (κ2) is 11.9. The Hall–Kier alpha value is -4.64. The van der Waals surface area contributed by atoms with Gasteiger partial charge in [0.05, 0.1) is 31.9 Å². The summed E-state index contributed by atoms with van der Waals surface area (Å²) < 4.78 is 16.4. The number of ether oxygens (including phenoxy) is 3. The van der Waals surface area contributed by atoms with Gasteiger partial charge in [0.25, 0.3) is 0 Å². The van der Waals surface area contributed by atoms with E-state index in [-0.39, 0.29) is 6.61 Å². The van der Waals surface area contributed by atoms with Crippen LogP contribution < -0.4 is 14.8 Å². The topological polar surface area (TPSA) is 110 Å². The Morgan fingerprint density at radius 1 is 0.946 bits per heavy atom. The molecule has 3 aromatic rings. The molecule has 0 spiro atoms. The fourth-order valence-electron chi connectivity index (χ4n) is 4.31. The van der Waals surface area contributed by atoms with Gasteiger partial charge in [0.15, 0.2) is 0 Å². The van der Waals surface area contributed by atoms with Gasteiger partial charge in [0, 0.05) is 5.71 Å². The number of nitriles is 1. The van der Waals surface area contributed by atoms with Crippen molar-refractivity contribution in [2.45, 2.75) is 25.5 Å². The Morgan fingerprint density at radius 3 is 2.41 bits per heavy atom. The van der Waals surface area contributed by atoms with Crippen LogP contribution >= 0.6 is 0 Å². The lowest BCUT2D eigenvalue weighted by Gasteiger charge is -2.31. The molecule has 0 saturated heterocycles. The van der Waals surface area contributed by atoms with Crippen molar-refractivity contribution in [1.29, 1.82) is 5.26 Å². The highest BCUT2D eigenvalue weighted by Crippen LogP contribution is 2.32. The summed E-state index contributed by atoms with van der Waals surface area (Å²) in [6.45, 7) is -0.00715. The number of amides is 2. The van der Waals surface area contributed by atoms with Crippen LogP contribution in [0.3, 0.4) is 0 Å². The molecule has 1 heterocycles. The van der Waals surface area contributed by atoms with Gasteiger partial charge in [-0.15, -0.1) is 0 Å². The molecular weight excluding hydrogens is 470 g/mol. The summed E-state index contributed by atoms with van der Waals surface area (Å²) in [5, 5.41) is 12.0. The number of rotatable bonds is 9. The maximum Gasteiger partial charge on any atom is 0.341 e. The molecule has 0 aromatic heterocycles. The molecule has 2 unspecified atom stereocenters. The van der Waals surface area contributed by atoms with Crippen LogP contribution in [0, 0.1) is 17.2 Å². The van der Waals surface area contributed by atoms with Crippen molar-refractivity contribution >= 4 is 17.7 Å². The number of carbonyl (C=O) groups excluding carboxylic acids is 2. The average Bonchev–Trinajstić information content (AvgIpc) is 2.94. The van der Waals surface area contributed by atoms with Crippen LogP contribution in [-0.4, -0.2) is 31.9 Å². The molecule has 4 rings (SSSR count). The molecule has 2 atom stereocenters. The zero-order chi connectivity index (χ0) is 26.2. The Labute approximate surface area is 215 Å². The van der Waals surface area contributed by atoms with E-state index in [1.807, 2.05) is 30.3 Å². The first-order chi connectivity index (χ1) is 18.0. The van der Waals surface area contributed by atoms with Crippen LogP contribution in [0.15, 0.2) is 77.8 Å². The van der Waals surface area contributed by atoms with Crippen molar-refractivity contribution in [1.82, 2.24) is 5.32 Å². The zero-order valence-corrected chi connectivity index (χ0v) is 20.6. The van der Waals surface area contributed by atoms with E-state index in [2.05, 4.69) is 16.4 Å². The number of carbonyl (C=O) groups is 2. The average molecular weight is 498 g/mol. The minimum Gasteiger partial charge on any atom is -0.497 e. The molecule has 1 aliphatic heterocycles. The second-order valence-corrected chi connectivity index (χ2v) is 8.56. The molecule has 1 aliphatic rings. The molecule has 0 saturated carbocycles. The van der Waals surface area contributed by atoms with Gasteiger partial charge in [0.2, 0.25) is 0 Å². The molecule has 3 aromatic carbocycles. The standard InChI is InChI=1S/C29H27N3O5/c1-35-23-10-4-6-19(15-23)12-13-25-26(28(33)37-18-21-8-3-7-20(14-21)17-30)27(32-29(34)31-25)22-9-5-11-24(16-22)36-2/h3-11,14-16,26-27H,12-13,18H2,1-2H3,(H,32,34). The van der Waals surface area contributed by atoms with E-state index < -0.39 is 24.0 Å². The maximum atomic E-state index is 13.5. The van der Waals surface area contributed by atoms with E-state index in [9.17, 15) is 9.59 Å². The van der Waals surface area contributed by atoms with Crippen LogP contribution in [0.2, 0.25) is 0 Å². The first-order valence-electron chi connectivity index (χ1n) is 11.8. The normalized spacial score (nSPS) is 16.7. The van der Waals surface area contributed by atoms with Crippen molar-refractivity contribution in [3.8, 4) is 17.6 Å². The number of nitrogens with zero attached hydrogens (tertiary/aromatic N) is 2. The monoisotopic (exact) mass is 497 g/mol. The number of urea groups is 1. The van der Waals surface area contributed by atoms with E-state index >= 15 is 0 Å². The van der Waals surface area contributed by atoms with Gasteiger partial charge in [-0.05, 0) is 65.9 Å². The van der Waals surface area contributed by atoms with Crippen molar-refractivity contribution in [3.63, 3.8) is 0 Å². The van der Waals surface area contributed by atoms with Crippen LogP contribution in [0.4, 0.5) is 4.79 Å². The number of aryl methyl sites for hydroxylation is 1.